The molecule has 0 heterocycles. The minimum Gasteiger partial charge on any atom is -0.467 e. The maximum atomic E-state index is 11.2. The van der Waals surface area contributed by atoms with Crippen molar-refractivity contribution in [2.45, 2.75) is 52.7 Å². The molecule has 0 unspecified atom stereocenters. The molecule has 0 spiro atoms. The molecular formula is C12H24O4Si. The van der Waals surface area contributed by atoms with Crippen LogP contribution in [-0.4, -0.2) is 39.8 Å². The summed E-state index contributed by atoms with van der Waals surface area (Å²) in [5.41, 5.74) is 0.421. The van der Waals surface area contributed by atoms with Crippen LogP contribution in [0.5, 0.6) is 0 Å². The Kier molecular flexibility index (Phi) is 8.12. The molecule has 0 fully saturated rings. The first-order chi connectivity index (χ1) is 7.82. The second-order valence-electron chi connectivity index (χ2n) is 4.50. The maximum Gasteiger partial charge on any atom is 0.332 e. The van der Waals surface area contributed by atoms with Crippen LogP contribution < -0.4 is 0 Å². The largest absolute Gasteiger partial charge is 0.467 e. The molecule has 0 aliphatic heterocycles. The van der Waals surface area contributed by atoms with E-state index in [9.17, 15) is 4.79 Å². The van der Waals surface area contributed by atoms with Gasteiger partial charge in [0.05, 0.1) is 18.4 Å². The first-order valence-electron chi connectivity index (χ1n) is 5.96. The molecule has 0 radical (unpaired) electrons. The van der Waals surface area contributed by atoms with Crippen molar-refractivity contribution in [2.75, 3.05) is 6.23 Å². The Balaban J connectivity index is 3.98. The lowest BCUT2D eigenvalue weighted by Gasteiger charge is -2.22. The normalized spacial score (nSPS) is 12.0. The van der Waals surface area contributed by atoms with Crippen LogP contribution in [0.15, 0.2) is 12.2 Å². The third-order valence-electron chi connectivity index (χ3n) is 1.78. The second kappa shape index (κ2) is 8.44. The molecule has 0 atom stereocenters. The summed E-state index contributed by atoms with van der Waals surface area (Å²) in [6.07, 6.45) is 0.640. The Labute approximate surface area is 106 Å². The van der Waals surface area contributed by atoms with E-state index in [1.54, 1.807) is 6.92 Å². The van der Waals surface area contributed by atoms with Crippen molar-refractivity contribution < 1.29 is 19.0 Å². The molecule has 0 N–H and O–H groups in total. The fourth-order valence-electron chi connectivity index (χ4n) is 1.15. The van der Waals surface area contributed by atoms with Gasteiger partial charge in [-0.1, -0.05) is 6.58 Å². The summed E-state index contributed by atoms with van der Waals surface area (Å²) in [5.74, 6) is -0.543. The molecule has 0 aliphatic carbocycles. The van der Waals surface area contributed by atoms with Crippen LogP contribution in [0.1, 0.15) is 34.6 Å². The lowest BCUT2D eigenvalue weighted by molar-refractivity contribution is -0.140. The van der Waals surface area contributed by atoms with Gasteiger partial charge in [-0.3, -0.25) is 0 Å². The quantitative estimate of drug-likeness (QED) is 0.286. The van der Waals surface area contributed by atoms with Crippen LogP contribution >= 0.6 is 0 Å². The van der Waals surface area contributed by atoms with Crippen molar-refractivity contribution in [2.24, 2.45) is 0 Å². The standard InChI is InChI=1S/C12H24O4Si/c1-8(2)11(13)14-7-17-12(15-9(3)4)16-10(5)6/h9-10,12H,1,7,17H2,2-6H3. The van der Waals surface area contributed by atoms with Crippen LogP contribution in [0.3, 0.4) is 0 Å². The topological polar surface area (TPSA) is 44.8 Å². The summed E-state index contributed by atoms with van der Waals surface area (Å²) in [6, 6.07) is 0. The van der Waals surface area contributed by atoms with Crippen LogP contribution in [0.25, 0.3) is 0 Å². The Bertz CT molecular complexity index is 241. The van der Waals surface area contributed by atoms with Gasteiger partial charge in [-0.2, -0.15) is 0 Å². The number of hydrogen-bond acceptors (Lipinski definition) is 4. The van der Waals surface area contributed by atoms with E-state index >= 15 is 0 Å². The highest BCUT2D eigenvalue weighted by molar-refractivity contribution is 6.36. The smallest absolute Gasteiger partial charge is 0.332 e. The highest BCUT2D eigenvalue weighted by Gasteiger charge is 2.15. The van der Waals surface area contributed by atoms with Crippen molar-refractivity contribution >= 4 is 15.5 Å². The van der Waals surface area contributed by atoms with Crippen LogP contribution in [0.2, 0.25) is 0 Å². The molecule has 0 aromatic rings. The molecule has 0 aliphatic rings. The van der Waals surface area contributed by atoms with Crippen LogP contribution in [0.4, 0.5) is 0 Å². The predicted molar refractivity (Wildman–Crippen MR) is 70.5 cm³/mol. The van der Waals surface area contributed by atoms with E-state index in [0.717, 1.165) is 0 Å². The van der Waals surface area contributed by atoms with Crippen molar-refractivity contribution in [1.29, 1.82) is 0 Å². The van der Waals surface area contributed by atoms with Crippen LogP contribution in [0, 0.1) is 0 Å². The average Bonchev–Trinajstić information content (AvgIpc) is 2.14. The Morgan fingerprint density at radius 1 is 1.18 bits per heavy atom. The molecule has 5 heteroatoms. The summed E-state index contributed by atoms with van der Waals surface area (Å²) in [4.78, 5) is 11.2. The first kappa shape index (κ1) is 16.3. The molecule has 4 nitrogen and oxygen atoms in total. The van der Waals surface area contributed by atoms with E-state index in [2.05, 4.69) is 6.58 Å². The van der Waals surface area contributed by atoms with Gasteiger partial charge >= 0.3 is 5.97 Å². The molecule has 0 saturated carbocycles. The van der Waals surface area contributed by atoms with E-state index in [1.807, 2.05) is 27.7 Å². The fraction of sp³-hybridized carbons (Fsp3) is 0.750. The predicted octanol–water partition coefficient (Wildman–Crippen LogP) is 1.37. The number of ether oxygens (including phenoxy) is 3. The van der Waals surface area contributed by atoms with Gasteiger partial charge < -0.3 is 14.2 Å². The van der Waals surface area contributed by atoms with E-state index < -0.39 is 9.52 Å². The molecule has 0 saturated heterocycles. The number of esters is 1. The number of carbonyl (C=O) groups is 1. The summed E-state index contributed by atoms with van der Waals surface area (Å²) in [5, 5.41) is 0. The molecule has 0 amide bonds. The summed E-state index contributed by atoms with van der Waals surface area (Å²) >= 11 is 0. The van der Waals surface area contributed by atoms with Gasteiger partial charge in [-0.25, -0.2) is 4.79 Å². The van der Waals surface area contributed by atoms with Gasteiger partial charge in [-0.05, 0) is 34.6 Å². The van der Waals surface area contributed by atoms with Gasteiger partial charge in [-0.15, -0.1) is 0 Å². The van der Waals surface area contributed by atoms with Crippen molar-refractivity contribution in [1.82, 2.24) is 0 Å². The Morgan fingerprint density at radius 3 is 2.00 bits per heavy atom. The maximum absolute atomic E-state index is 11.2. The Morgan fingerprint density at radius 2 is 1.65 bits per heavy atom. The lowest BCUT2D eigenvalue weighted by Crippen LogP contribution is -2.33. The number of hydrogen-bond donors (Lipinski definition) is 0. The first-order valence-corrected chi connectivity index (χ1v) is 7.78. The molecule has 0 aromatic carbocycles. The number of carbonyl (C=O) groups excluding carboxylic acids is 1. The van der Waals surface area contributed by atoms with Crippen molar-refractivity contribution in [3.05, 3.63) is 12.2 Å². The zero-order valence-electron chi connectivity index (χ0n) is 11.5. The molecule has 0 bridgehead atoms. The molecule has 0 aromatic heterocycles. The highest BCUT2D eigenvalue weighted by atomic mass is 28.2. The third-order valence-corrected chi connectivity index (χ3v) is 3.08. The van der Waals surface area contributed by atoms with Gasteiger partial charge in [0.15, 0.2) is 0 Å². The highest BCUT2D eigenvalue weighted by Crippen LogP contribution is 2.03. The molecule has 100 valence electrons. The monoisotopic (exact) mass is 260 g/mol. The lowest BCUT2D eigenvalue weighted by atomic mass is 10.4. The van der Waals surface area contributed by atoms with Crippen molar-refractivity contribution in [3.63, 3.8) is 0 Å². The summed E-state index contributed by atoms with van der Waals surface area (Å²) in [7, 11) is -0.764. The minimum atomic E-state index is -0.764. The zero-order chi connectivity index (χ0) is 13.4. The van der Waals surface area contributed by atoms with E-state index in [1.165, 1.54) is 0 Å². The van der Waals surface area contributed by atoms with Crippen LogP contribution in [-0.2, 0) is 19.0 Å². The van der Waals surface area contributed by atoms with Gasteiger partial charge in [0.1, 0.15) is 15.4 Å². The summed E-state index contributed by atoms with van der Waals surface area (Å²) < 4.78 is 16.3. The molecule has 0 rings (SSSR count). The minimum absolute atomic E-state index is 0.114. The Hall–Kier alpha value is -0.653. The SMILES string of the molecule is C=C(C)C(=O)OC[SiH2]C(OC(C)C)OC(C)C. The van der Waals surface area contributed by atoms with Gasteiger partial charge in [0, 0.05) is 5.57 Å². The third kappa shape index (κ3) is 9.09. The van der Waals surface area contributed by atoms with E-state index in [4.69, 9.17) is 14.2 Å². The van der Waals surface area contributed by atoms with Crippen molar-refractivity contribution in [3.8, 4) is 0 Å². The van der Waals surface area contributed by atoms with Gasteiger partial charge in [0.25, 0.3) is 0 Å². The fourth-order valence-corrected chi connectivity index (χ4v) is 2.68. The average molecular weight is 260 g/mol. The number of rotatable bonds is 8. The zero-order valence-corrected chi connectivity index (χ0v) is 12.9. The van der Waals surface area contributed by atoms with E-state index in [0.29, 0.717) is 11.8 Å². The second-order valence-corrected chi connectivity index (χ2v) is 6.16. The van der Waals surface area contributed by atoms with E-state index in [-0.39, 0.29) is 24.1 Å². The summed E-state index contributed by atoms with van der Waals surface area (Å²) in [6.45, 7) is 13.0. The molecular weight excluding hydrogens is 236 g/mol. The van der Waals surface area contributed by atoms with Gasteiger partial charge in [0.2, 0.25) is 0 Å². The molecule has 17 heavy (non-hydrogen) atoms.